The van der Waals surface area contributed by atoms with Crippen molar-refractivity contribution < 1.29 is 14.3 Å². The van der Waals surface area contributed by atoms with Gasteiger partial charge < -0.3 is 24.7 Å². The molecular formula is C21H21N3O4. The Balaban J connectivity index is 1.54. The molecule has 0 unspecified atom stereocenters. The van der Waals surface area contributed by atoms with Crippen molar-refractivity contribution in [3.63, 3.8) is 0 Å². The number of nitrogens with zero attached hydrogens (tertiary/aromatic N) is 1. The number of para-hydroxylation sites is 1. The molecule has 3 aromatic rings. The lowest BCUT2D eigenvalue weighted by atomic mass is 10.1. The number of aromatic nitrogens is 1. The van der Waals surface area contributed by atoms with Gasteiger partial charge >= 0.3 is 6.03 Å². The van der Waals surface area contributed by atoms with Crippen molar-refractivity contribution in [3.8, 4) is 11.5 Å². The number of rotatable bonds is 4. The second-order valence-corrected chi connectivity index (χ2v) is 6.51. The fraction of sp³-hybridized carbons (Fsp3) is 0.238. The maximum atomic E-state index is 12.8. The molecule has 0 spiro atoms. The molecule has 1 aliphatic heterocycles. The number of ether oxygens (including phenoxy) is 2. The molecule has 1 aliphatic rings. The zero-order valence-corrected chi connectivity index (χ0v) is 15.5. The molecule has 0 saturated carbocycles. The highest BCUT2D eigenvalue weighted by Crippen LogP contribution is 2.32. The lowest BCUT2D eigenvalue weighted by Crippen LogP contribution is -2.34. The van der Waals surface area contributed by atoms with Gasteiger partial charge in [-0.25, -0.2) is 4.79 Å². The number of carbonyl (C=O) groups excluding carboxylic acids is 1. The first-order valence-corrected chi connectivity index (χ1v) is 9.20. The Bertz CT molecular complexity index is 1080. The van der Waals surface area contributed by atoms with Gasteiger partial charge in [0.15, 0.2) is 11.5 Å². The molecule has 1 aromatic heterocycles. The molecule has 2 heterocycles. The largest absolute Gasteiger partial charge is 0.486 e. The second kappa shape index (κ2) is 7.64. The molecule has 0 atom stereocenters. The van der Waals surface area contributed by atoms with E-state index in [1.54, 1.807) is 29.2 Å². The van der Waals surface area contributed by atoms with Gasteiger partial charge in [0.1, 0.15) is 13.2 Å². The molecule has 0 radical (unpaired) electrons. The summed E-state index contributed by atoms with van der Waals surface area (Å²) in [5.74, 6) is 1.29. The van der Waals surface area contributed by atoms with Gasteiger partial charge in [-0.3, -0.25) is 4.79 Å². The minimum absolute atomic E-state index is 0.183. The number of amides is 2. The maximum absolute atomic E-state index is 12.8. The normalized spacial score (nSPS) is 12.6. The summed E-state index contributed by atoms with van der Waals surface area (Å²) in [6.07, 6.45) is 0. The number of anilines is 1. The number of fused-ring (bicyclic) bond motifs is 2. The van der Waals surface area contributed by atoms with Crippen LogP contribution < -0.4 is 20.3 Å². The molecule has 0 bridgehead atoms. The third-order valence-electron chi connectivity index (χ3n) is 4.66. The fourth-order valence-corrected chi connectivity index (χ4v) is 3.26. The van der Waals surface area contributed by atoms with Crippen molar-refractivity contribution >= 4 is 22.6 Å². The first-order chi connectivity index (χ1) is 13.6. The molecule has 7 nitrogen and oxygen atoms in total. The standard InChI is InChI=1S/C21H21N3O4/c1-2-24(13-14-11-20(25)23-17-6-4-3-5-16(14)17)21(26)22-15-7-8-18-19(12-15)28-10-9-27-18/h3-8,11-12H,2,9-10,13H2,1H3,(H,22,26)(H,23,25). The number of H-pyrrole nitrogens is 1. The Morgan fingerprint density at radius 1 is 1.11 bits per heavy atom. The van der Waals surface area contributed by atoms with Gasteiger partial charge in [0.05, 0.1) is 0 Å². The highest BCUT2D eigenvalue weighted by Gasteiger charge is 2.17. The average molecular weight is 379 g/mol. The quantitative estimate of drug-likeness (QED) is 0.728. The van der Waals surface area contributed by atoms with Crippen LogP contribution in [0.15, 0.2) is 53.3 Å². The van der Waals surface area contributed by atoms with Gasteiger partial charge in [-0.2, -0.15) is 0 Å². The molecule has 2 amide bonds. The third-order valence-corrected chi connectivity index (χ3v) is 4.66. The number of hydrogen-bond donors (Lipinski definition) is 2. The Morgan fingerprint density at radius 3 is 2.71 bits per heavy atom. The fourth-order valence-electron chi connectivity index (χ4n) is 3.26. The van der Waals surface area contributed by atoms with Crippen LogP contribution in [0.2, 0.25) is 0 Å². The summed E-state index contributed by atoms with van der Waals surface area (Å²) in [6, 6.07) is 14.2. The van der Waals surface area contributed by atoms with E-state index < -0.39 is 0 Å². The van der Waals surface area contributed by atoms with E-state index in [9.17, 15) is 9.59 Å². The summed E-state index contributed by atoms with van der Waals surface area (Å²) in [5, 5.41) is 3.82. The van der Waals surface area contributed by atoms with Crippen LogP contribution >= 0.6 is 0 Å². The number of hydrogen-bond acceptors (Lipinski definition) is 4. The first kappa shape index (κ1) is 17.9. The smallest absolute Gasteiger partial charge is 0.322 e. The van der Waals surface area contributed by atoms with Gasteiger partial charge in [0.25, 0.3) is 0 Å². The minimum Gasteiger partial charge on any atom is -0.486 e. The van der Waals surface area contributed by atoms with Crippen molar-refractivity contribution in [3.05, 3.63) is 64.4 Å². The van der Waals surface area contributed by atoms with E-state index in [2.05, 4.69) is 10.3 Å². The van der Waals surface area contributed by atoms with E-state index in [1.165, 1.54) is 0 Å². The Hall–Kier alpha value is -3.48. The van der Waals surface area contributed by atoms with Crippen LogP contribution in [0.4, 0.5) is 10.5 Å². The average Bonchev–Trinajstić information content (AvgIpc) is 2.71. The van der Waals surface area contributed by atoms with E-state index in [-0.39, 0.29) is 11.6 Å². The van der Waals surface area contributed by atoms with Crippen molar-refractivity contribution in [1.82, 2.24) is 9.88 Å². The molecule has 0 saturated heterocycles. The topological polar surface area (TPSA) is 83.7 Å². The molecular weight excluding hydrogens is 358 g/mol. The highest BCUT2D eigenvalue weighted by molar-refractivity contribution is 5.90. The second-order valence-electron chi connectivity index (χ2n) is 6.51. The summed E-state index contributed by atoms with van der Waals surface area (Å²) in [4.78, 5) is 29.2. The predicted molar refractivity (Wildman–Crippen MR) is 107 cm³/mol. The van der Waals surface area contributed by atoms with Gasteiger partial charge in [-0.15, -0.1) is 0 Å². The minimum atomic E-state index is -0.247. The van der Waals surface area contributed by atoms with E-state index in [4.69, 9.17) is 9.47 Å². The van der Waals surface area contributed by atoms with E-state index in [0.29, 0.717) is 43.5 Å². The SMILES string of the molecule is CCN(Cc1cc(=O)[nH]c2ccccc12)C(=O)Nc1ccc2c(c1)OCCO2. The van der Waals surface area contributed by atoms with Crippen LogP contribution in [0.1, 0.15) is 12.5 Å². The zero-order chi connectivity index (χ0) is 19.5. The van der Waals surface area contributed by atoms with E-state index in [0.717, 1.165) is 16.5 Å². The maximum Gasteiger partial charge on any atom is 0.322 e. The number of pyridine rings is 1. The summed E-state index contributed by atoms with van der Waals surface area (Å²) in [6.45, 7) is 3.74. The van der Waals surface area contributed by atoms with Crippen molar-refractivity contribution in [2.45, 2.75) is 13.5 Å². The first-order valence-electron chi connectivity index (χ1n) is 9.20. The number of urea groups is 1. The number of aromatic amines is 1. The summed E-state index contributed by atoms with van der Waals surface area (Å²) >= 11 is 0. The van der Waals surface area contributed by atoms with Crippen molar-refractivity contribution in [2.75, 3.05) is 25.1 Å². The van der Waals surface area contributed by atoms with Gasteiger partial charge in [0.2, 0.25) is 5.56 Å². The van der Waals surface area contributed by atoms with Crippen LogP contribution in [0.25, 0.3) is 10.9 Å². The lowest BCUT2D eigenvalue weighted by Gasteiger charge is -2.23. The number of nitrogens with one attached hydrogen (secondary N) is 2. The molecule has 0 fully saturated rings. The van der Waals surface area contributed by atoms with Crippen molar-refractivity contribution in [2.24, 2.45) is 0 Å². The molecule has 2 N–H and O–H groups in total. The zero-order valence-electron chi connectivity index (χ0n) is 15.5. The Labute approximate surface area is 161 Å². The molecule has 0 aliphatic carbocycles. The van der Waals surface area contributed by atoms with Crippen molar-refractivity contribution in [1.29, 1.82) is 0 Å². The molecule has 2 aromatic carbocycles. The van der Waals surface area contributed by atoms with Crippen LogP contribution in [0.5, 0.6) is 11.5 Å². The molecule has 4 rings (SSSR count). The van der Waals surface area contributed by atoms with Crippen LogP contribution in [-0.2, 0) is 6.54 Å². The summed E-state index contributed by atoms with van der Waals surface area (Å²) < 4.78 is 11.1. The molecule has 28 heavy (non-hydrogen) atoms. The predicted octanol–water partition coefficient (Wildman–Crippen LogP) is 3.35. The van der Waals surface area contributed by atoms with E-state index >= 15 is 0 Å². The highest BCUT2D eigenvalue weighted by atomic mass is 16.6. The van der Waals surface area contributed by atoms with Crippen LogP contribution in [0.3, 0.4) is 0 Å². The van der Waals surface area contributed by atoms with E-state index in [1.807, 2.05) is 31.2 Å². The lowest BCUT2D eigenvalue weighted by molar-refractivity contribution is 0.171. The molecule has 7 heteroatoms. The molecule has 144 valence electrons. The number of benzene rings is 2. The summed E-state index contributed by atoms with van der Waals surface area (Å²) in [5.41, 5.74) is 2.01. The van der Waals surface area contributed by atoms with Gasteiger partial charge in [-0.1, -0.05) is 18.2 Å². The van der Waals surface area contributed by atoms with Crippen LogP contribution in [-0.4, -0.2) is 35.7 Å². The third kappa shape index (κ3) is 3.64. The monoisotopic (exact) mass is 379 g/mol. The van der Waals surface area contributed by atoms with Gasteiger partial charge in [-0.05, 0) is 30.7 Å². The summed E-state index contributed by atoms with van der Waals surface area (Å²) in [7, 11) is 0. The van der Waals surface area contributed by atoms with Gasteiger partial charge in [0, 0.05) is 41.8 Å². The Morgan fingerprint density at radius 2 is 1.89 bits per heavy atom. The number of carbonyl (C=O) groups is 1. The van der Waals surface area contributed by atoms with Crippen LogP contribution in [0, 0.1) is 0 Å². The Kier molecular flexibility index (Phi) is 4.89.